The molecule has 0 unspecified atom stereocenters. The molecule has 1 aliphatic rings. The molecule has 1 fully saturated rings. The van der Waals surface area contributed by atoms with E-state index in [-0.39, 0.29) is 11.9 Å². The van der Waals surface area contributed by atoms with Crippen LogP contribution in [0.1, 0.15) is 33.6 Å². The fraction of sp³-hybridized carbons (Fsp3) is 0.600. The van der Waals surface area contributed by atoms with Crippen LogP contribution in [0.15, 0.2) is 18.5 Å². The minimum Gasteiger partial charge on any atom is -0.460 e. The van der Waals surface area contributed by atoms with Gasteiger partial charge in [-0.3, -0.25) is 9.78 Å². The Bertz CT molecular complexity index is 482. The molecule has 20 heavy (non-hydrogen) atoms. The number of aromatic nitrogens is 1. The summed E-state index contributed by atoms with van der Waals surface area (Å²) in [7, 11) is 0. The van der Waals surface area contributed by atoms with E-state index in [1.165, 1.54) is 0 Å². The molecule has 0 radical (unpaired) electrons. The lowest BCUT2D eigenvalue weighted by atomic mass is 9.97. The standard InChI is InChI=1S/C15H23N3O2/c1-15(2,3)20-14(19)11-5-4-8-18(10-11)13-6-7-17-9-12(13)16/h6-7,9,11H,4-5,8,10,16H2,1-3H3/t11-/m1/s1. The smallest absolute Gasteiger partial charge is 0.311 e. The van der Waals surface area contributed by atoms with Crippen molar-refractivity contribution < 1.29 is 9.53 Å². The van der Waals surface area contributed by atoms with Gasteiger partial charge in [-0.25, -0.2) is 0 Å². The van der Waals surface area contributed by atoms with Crippen LogP contribution in [0.2, 0.25) is 0 Å². The molecule has 0 spiro atoms. The van der Waals surface area contributed by atoms with E-state index in [4.69, 9.17) is 10.5 Å². The lowest BCUT2D eigenvalue weighted by Gasteiger charge is -2.35. The summed E-state index contributed by atoms with van der Waals surface area (Å²) in [6, 6.07) is 1.90. The van der Waals surface area contributed by atoms with Gasteiger partial charge in [0.15, 0.2) is 0 Å². The van der Waals surface area contributed by atoms with E-state index in [2.05, 4.69) is 9.88 Å². The fourth-order valence-corrected chi connectivity index (χ4v) is 2.46. The molecule has 1 atom stereocenters. The quantitative estimate of drug-likeness (QED) is 0.839. The van der Waals surface area contributed by atoms with Gasteiger partial charge in [0.05, 0.1) is 23.5 Å². The molecule has 5 heteroatoms. The molecule has 2 heterocycles. The largest absolute Gasteiger partial charge is 0.460 e. The van der Waals surface area contributed by atoms with E-state index in [1.54, 1.807) is 12.4 Å². The van der Waals surface area contributed by atoms with Gasteiger partial charge in [0.2, 0.25) is 0 Å². The van der Waals surface area contributed by atoms with Crippen LogP contribution in [-0.4, -0.2) is 29.6 Å². The van der Waals surface area contributed by atoms with Crippen molar-refractivity contribution >= 4 is 17.3 Å². The van der Waals surface area contributed by atoms with Gasteiger partial charge >= 0.3 is 5.97 Å². The monoisotopic (exact) mass is 277 g/mol. The van der Waals surface area contributed by atoms with Gasteiger partial charge < -0.3 is 15.4 Å². The van der Waals surface area contributed by atoms with Crippen LogP contribution in [-0.2, 0) is 9.53 Å². The molecule has 5 nitrogen and oxygen atoms in total. The van der Waals surface area contributed by atoms with E-state index in [0.29, 0.717) is 12.2 Å². The summed E-state index contributed by atoms with van der Waals surface area (Å²) in [6.45, 7) is 7.25. The SMILES string of the molecule is CC(C)(C)OC(=O)[C@@H]1CCCN(c2ccncc2N)C1. The topological polar surface area (TPSA) is 68.5 Å². The van der Waals surface area contributed by atoms with Crippen LogP contribution in [0.4, 0.5) is 11.4 Å². The highest BCUT2D eigenvalue weighted by Gasteiger charge is 2.30. The molecule has 0 saturated carbocycles. The van der Waals surface area contributed by atoms with E-state index >= 15 is 0 Å². The minimum absolute atomic E-state index is 0.0875. The zero-order valence-corrected chi connectivity index (χ0v) is 12.4. The third kappa shape index (κ3) is 3.62. The molecular formula is C15H23N3O2. The Balaban J connectivity index is 2.06. The van der Waals surface area contributed by atoms with Crippen molar-refractivity contribution in [3.05, 3.63) is 18.5 Å². The molecule has 0 aliphatic carbocycles. The lowest BCUT2D eigenvalue weighted by molar-refractivity contribution is -0.160. The number of rotatable bonds is 2. The first kappa shape index (κ1) is 14.6. The molecule has 110 valence electrons. The zero-order chi connectivity index (χ0) is 14.8. The van der Waals surface area contributed by atoms with Crippen LogP contribution in [0.25, 0.3) is 0 Å². The molecule has 0 aromatic carbocycles. The van der Waals surface area contributed by atoms with Crippen molar-refractivity contribution in [3.63, 3.8) is 0 Å². The Morgan fingerprint density at radius 1 is 1.50 bits per heavy atom. The van der Waals surface area contributed by atoms with Gasteiger partial charge in [0, 0.05) is 19.3 Å². The molecule has 1 saturated heterocycles. The van der Waals surface area contributed by atoms with Crippen molar-refractivity contribution in [2.24, 2.45) is 5.92 Å². The number of nitrogens with two attached hydrogens (primary N) is 1. The molecular weight excluding hydrogens is 254 g/mol. The van der Waals surface area contributed by atoms with Gasteiger partial charge in [0.25, 0.3) is 0 Å². The second kappa shape index (κ2) is 5.69. The molecule has 2 rings (SSSR count). The number of ether oxygens (including phenoxy) is 1. The summed E-state index contributed by atoms with van der Waals surface area (Å²) in [5.41, 5.74) is 7.12. The molecule has 0 bridgehead atoms. The maximum Gasteiger partial charge on any atom is 0.311 e. The Labute approximate surface area is 120 Å². The number of hydrogen-bond acceptors (Lipinski definition) is 5. The summed E-state index contributed by atoms with van der Waals surface area (Å²) in [6.07, 6.45) is 5.21. The van der Waals surface area contributed by atoms with Crippen molar-refractivity contribution in [2.45, 2.75) is 39.2 Å². The maximum absolute atomic E-state index is 12.2. The Kier molecular flexibility index (Phi) is 4.16. The lowest BCUT2D eigenvalue weighted by Crippen LogP contribution is -2.41. The first-order valence-electron chi connectivity index (χ1n) is 7.04. The summed E-state index contributed by atoms with van der Waals surface area (Å²) in [5, 5.41) is 0. The number of nitrogen functional groups attached to an aromatic ring is 1. The number of carbonyl (C=O) groups excluding carboxylic acids is 1. The van der Waals surface area contributed by atoms with Crippen LogP contribution < -0.4 is 10.6 Å². The maximum atomic E-state index is 12.2. The van der Waals surface area contributed by atoms with Gasteiger partial charge in [-0.15, -0.1) is 0 Å². The van der Waals surface area contributed by atoms with Crippen molar-refractivity contribution in [2.75, 3.05) is 23.7 Å². The number of hydrogen-bond donors (Lipinski definition) is 1. The first-order chi connectivity index (χ1) is 9.37. The van der Waals surface area contributed by atoms with E-state index in [0.717, 1.165) is 25.1 Å². The van der Waals surface area contributed by atoms with Crippen molar-refractivity contribution in [1.82, 2.24) is 4.98 Å². The first-order valence-corrected chi connectivity index (χ1v) is 7.04. The number of anilines is 2. The Hall–Kier alpha value is -1.78. The van der Waals surface area contributed by atoms with Crippen LogP contribution >= 0.6 is 0 Å². The van der Waals surface area contributed by atoms with Crippen molar-refractivity contribution in [1.29, 1.82) is 0 Å². The molecule has 1 aromatic rings. The average Bonchev–Trinajstić information content (AvgIpc) is 2.37. The molecule has 1 aliphatic heterocycles. The van der Waals surface area contributed by atoms with Gasteiger partial charge in [-0.2, -0.15) is 0 Å². The molecule has 2 N–H and O–H groups in total. The highest BCUT2D eigenvalue weighted by Crippen LogP contribution is 2.28. The predicted octanol–water partition coefficient (Wildman–Crippen LogP) is 2.22. The van der Waals surface area contributed by atoms with Crippen LogP contribution in [0.3, 0.4) is 0 Å². The number of pyridine rings is 1. The Morgan fingerprint density at radius 2 is 2.25 bits per heavy atom. The third-order valence-electron chi connectivity index (χ3n) is 3.33. The second-order valence-corrected chi connectivity index (χ2v) is 6.25. The van der Waals surface area contributed by atoms with E-state index < -0.39 is 5.60 Å². The van der Waals surface area contributed by atoms with Gasteiger partial charge in [0.1, 0.15) is 5.60 Å². The van der Waals surface area contributed by atoms with E-state index in [9.17, 15) is 4.79 Å². The van der Waals surface area contributed by atoms with Crippen LogP contribution in [0, 0.1) is 5.92 Å². The predicted molar refractivity (Wildman–Crippen MR) is 79.4 cm³/mol. The second-order valence-electron chi connectivity index (χ2n) is 6.25. The summed E-state index contributed by atoms with van der Waals surface area (Å²) in [5.74, 6) is -0.203. The average molecular weight is 277 g/mol. The normalized spacial score (nSPS) is 19.8. The van der Waals surface area contributed by atoms with Crippen molar-refractivity contribution in [3.8, 4) is 0 Å². The van der Waals surface area contributed by atoms with Crippen LogP contribution in [0.5, 0.6) is 0 Å². The molecule has 1 aromatic heterocycles. The van der Waals surface area contributed by atoms with E-state index in [1.807, 2.05) is 26.8 Å². The highest BCUT2D eigenvalue weighted by atomic mass is 16.6. The number of nitrogens with zero attached hydrogens (tertiary/aromatic N) is 2. The highest BCUT2D eigenvalue weighted by molar-refractivity contribution is 5.75. The summed E-state index contributed by atoms with van der Waals surface area (Å²) >= 11 is 0. The summed E-state index contributed by atoms with van der Waals surface area (Å²) < 4.78 is 5.48. The number of carbonyl (C=O) groups is 1. The third-order valence-corrected chi connectivity index (χ3v) is 3.33. The fourth-order valence-electron chi connectivity index (χ4n) is 2.46. The Morgan fingerprint density at radius 3 is 2.90 bits per heavy atom. The van der Waals surface area contributed by atoms with Gasteiger partial charge in [-0.05, 0) is 39.7 Å². The summed E-state index contributed by atoms with van der Waals surface area (Å²) in [4.78, 5) is 18.3. The molecule has 0 amide bonds. The van der Waals surface area contributed by atoms with Gasteiger partial charge in [-0.1, -0.05) is 0 Å². The number of piperidine rings is 1. The number of esters is 1. The minimum atomic E-state index is -0.435. The zero-order valence-electron chi connectivity index (χ0n) is 12.4.